The molecule has 3 heterocycles. The topological polar surface area (TPSA) is 87.4 Å². The number of hydrogen-bond acceptors (Lipinski definition) is 6. The van der Waals surface area contributed by atoms with Crippen molar-refractivity contribution in [1.29, 1.82) is 0 Å². The first-order valence-electron chi connectivity index (χ1n) is 10.8. The summed E-state index contributed by atoms with van der Waals surface area (Å²) < 4.78 is 2.16. The number of hydrogen-bond donors (Lipinski definition) is 1. The number of piperidine rings is 1. The molecule has 1 N–H and O–H groups in total. The average Bonchev–Trinajstić information content (AvgIpc) is 3.09. The highest BCUT2D eigenvalue weighted by Gasteiger charge is 2.35. The molecule has 1 aliphatic rings. The van der Waals surface area contributed by atoms with E-state index in [9.17, 15) is 9.90 Å². The fourth-order valence-corrected chi connectivity index (χ4v) is 4.48. The number of fused-ring (bicyclic) bond motifs is 1. The van der Waals surface area contributed by atoms with Gasteiger partial charge < -0.3 is 19.5 Å². The first-order valence-corrected chi connectivity index (χ1v) is 10.8. The highest BCUT2D eigenvalue weighted by atomic mass is 16.3. The van der Waals surface area contributed by atoms with Gasteiger partial charge in [-0.05, 0) is 38.3 Å². The maximum absolute atomic E-state index is 12.7. The maximum Gasteiger partial charge on any atom is 0.222 e. The number of β-amino-alcohol motifs (C(OH)–C–C–N with tert-alkyl or cyclic N) is 1. The number of benzene rings is 1. The molecule has 0 aliphatic carbocycles. The van der Waals surface area contributed by atoms with Gasteiger partial charge in [0.15, 0.2) is 0 Å². The molecule has 1 aromatic carbocycles. The molecule has 3 aromatic rings. The minimum Gasteiger partial charge on any atom is -0.386 e. The smallest absolute Gasteiger partial charge is 0.222 e. The lowest BCUT2D eigenvalue weighted by atomic mass is 9.92. The molecule has 0 bridgehead atoms. The van der Waals surface area contributed by atoms with Gasteiger partial charge in [0.1, 0.15) is 11.6 Å². The van der Waals surface area contributed by atoms with Gasteiger partial charge in [0.2, 0.25) is 5.91 Å². The standard InChI is InChI=1S/C23H30N6O2/c1-18-26-19-7-3-4-8-20(19)29(18)14-5-9-22(30)27(2)16-23(31)10-6-13-28(17-23)21-15-24-11-12-25-21/h3-4,7-8,11-12,15,31H,5-6,9-10,13-14,16-17H2,1-2H3. The largest absolute Gasteiger partial charge is 0.386 e. The zero-order chi connectivity index (χ0) is 21.8. The number of carbonyl (C=O) groups excluding carboxylic acids is 1. The van der Waals surface area contributed by atoms with Crippen LogP contribution in [-0.2, 0) is 11.3 Å². The van der Waals surface area contributed by atoms with Crippen molar-refractivity contribution in [2.24, 2.45) is 0 Å². The predicted molar refractivity (Wildman–Crippen MR) is 120 cm³/mol. The number of amides is 1. The summed E-state index contributed by atoms with van der Waals surface area (Å²) in [5.41, 5.74) is 1.13. The molecule has 0 spiro atoms. The van der Waals surface area contributed by atoms with E-state index in [1.54, 1.807) is 30.5 Å². The van der Waals surface area contributed by atoms with Crippen LogP contribution in [0.25, 0.3) is 11.0 Å². The lowest BCUT2D eigenvalue weighted by molar-refractivity contribution is -0.133. The molecule has 2 aromatic heterocycles. The van der Waals surface area contributed by atoms with Crippen LogP contribution in [0.5, 0.6) is 0 Å². The zero-order valence-corrected chi connectivity index (χ0v) is 18.2. The Morgan fingerprint density at radius 1 is 1.29 bits per heavy atom. The van der Waals surface area contributed by atoms with E-state index < -0.39 is 5.60 Å². The molecule has 1 aliphatic heterocycles. The Morgan fingerprint density at radius 3 is 2.94 bits per heavy atom. The van der Waals surface area contributed by atoms with E-state index in [1.807, 2.05) is 30.0 Å². The number of likely N-dealkylation sites (N-methyl/N-ethyl adjacent to an activating group) is 1. The van der Waals surface area contributed by atoms with Crippen molar-refractivity contribution in [2.75, 3.05) is 31.6 Å². The lowest BCUT2D eigenvalue weighted by Crippen LogP contribution is -2.54. The van der Waals surface area contributed by atoms with Crippen molar-refractivity contribution in [1.82, 2.24) is 24.4 Å². The van der Waals surface area contributed by atoms with E-state index in [-0.39, 0.29) is 5.91 Å². The lowest BCUT2D eigenvalue weighted by Gasteiger charge is -2.41. The quantitative estimate of drug-likeness (QED) is 0.629. The molecular formula is C23H30N6O2. The van der Waals surface area contributed by atoms with Gasteiger partial charge in [-0.15, -0.1) is 0 Å². The molecule has 8 heteroatoms. The Balaban J connectivity index is 1.31. The predicted octanol–water partition coefficient (Wildman–Crippen LogP) is 2.40. The third-order valence-corrected chi connectivity index (χ3v) is 6.00. The van der Waals surface area contributed by atoms with Crippen molar-refractivity contribution in [3.63, 3.8) is 0 Å². The molecule has 164 valence electrons. The first-order chi connectivity index (χ1) is 15.0. The van der Waals surface area contributed by atoms with E-state index in [1.165, 1.54) is 0 Å². The molecule has 4 rings (SSSR count). The number of aryl methyl sites for hydroxylation is 2. The molecule has 1 amide bonds. The van der Waals surface area contributed by atoms with Crippen molar-refractivity contribution >= 4 is 22.8 Å². The molecule has 8 nitrogen and oxygen atoms in total. The SMILES string of the molecule is Cc1nc2ccccc2n1CCCC(=O)N(C)CC1(O)CCCN(c2cnccn2)C1. The Morgan fingerprint density at radius 2 is 2.13 bits per heavy atom. The van der Waals surface area contributed by atoms with E-state index in [2.05, 4.69) is 25.6 Å². The number of nitrogens with zero attached hydrogens (tertiary/aromatic N) is 6. The number of rotatable bonds is 7. The summed E-state index contributed by atoms with van der Waals surface area (Å²) in [6, 6.07) is 8.06. The number of carbonyl (C=O) groups is 1. The van der Waals surface area contributed by atoms with Gasteiger partial charge in [-0.25, -0.2) is 9.97 Å². The van der Waals surface area contributed by atoms with Crippen molar-refractivity contribution in [3.05, 3.63) is 48.7 Å². The summed E-state index contributed by atoms with van der Waals surface area (Å²) in [5, 5.41) is 11.2. The third-order valence-electron chi connectivity index (χ3n) is 6.00. The second kappa shape index (κ2) is 9.01. The summed E-state index contributed by atoms with van der Waals surface area (Å²) in [7, 11) is 1.78. The third kappa shape index (κ3) is 4.85. The van der Waals surface area contributed by atoms with Gasteiger partial charge in [0, 0.05) is 45.5 Å². The second-order valence-corrected chi connectivity index (χ2v) is 8.47. The summed E-state index contributed by atoms with van der Waals surface area (Å²) in [6.45, 7) is 4.34. The van der Waals surface area contributed by atoms with Gasteiger partial charge in [0.05, 0.1) is 29.4 Å². The molecule has 0 radical (unpaired) electrons. The van der Waals surface area contributed by atoms with Crippen molar-refractivity contribution in [2.45, 2.75) is 44.8 Å². The summed E-state index contributed by atoms with van der Waals surface area (Å²) in [4.78, 5) is 29.5. The highest BCUT2D eigenvalue weighted by Crippen LogP contribution is 2.25. The van der Waals surface area contributed by atoms with Crippen molar-refractivity contribution < 1.29 is 9.90 Å². The Bertz CT molecular complexity index is 1040. The second-order valence-electron chi connectivity index (χ2n) is 8.47. The van der Waals surface area contributed by atoms with E-state index in [4.69, 9.17) is 0 Å². The van der Waals surface area contributed by atoms with Crippen LogP contribution in [0.1, 0.15) is 31.5 Å². The number of imidazole rings is 1. The van der Waals surface area contributed by atoms with Crippen LogP contribution < -0.4 is 4.90 Å². The maximum atomic E-state index is 12.7. The molecular weight excluding hydrogens is 392 g/mol. The molecule has 1 saturated heterocycles. The number of anilines is 1. The summed E-state index contributed by atoms with van der Waals surface area (Å²) in [5.74, 6) is 1.77. The van der Waals surface area contributed by atoms with Crippen LogP contribution in [-0.4, -0.2) is 67.7 Å². The fraction of sp³-hybridized carbons (Fsp3) is 0.478. The minimum atomic E-state index is -0.947. The number of aromatic nitrogens is 4. The minimum absolute atomic E-state index is 0.0483. The van der Waals surface area contributed by atoms with Gasteiger partial charge in [0.25, 0.3) is 0 Å². The summed E-state index contributed by atoms with van der Waals surface area (Å²) in [6.07, 6.45) is 7.69. The Kier molecular flexibility index (Phi) is 6.18. The molecule has 1 atom stereocenters. The normalized spacial score (nSPS) is 19.0. The van der Waals surface area contributed by atoms with Gasteiger partial charge in [-0.1, -0.05) is 12.1 Å². The van der Waals surface area contributed by atoms with Crippen LogP contribution in [0.3, 0.4) is 0 Å². The molecule has 0 saturated carbocycles. The van der Waals surface area contributed by atoms with Crippen LogP contribution in [0.15, 0.2) is 42.9 Å². The fourth-order valence-electron chi connectivity index (χ4n) is 4.48. The highest BCUT2D eigenvalue weighted by molar-refractivity contribution is 5.77. The van der Waals surface area contributed by atoms with Gasteiger partial charge in [-0.3, -0.25) is 9.78 Å². The average molecular weight is 423 g/mol. The van der Waals surface area contributed by atoms with E-state index in [0.29, 0.717) is 25.9 Å². The molecule has 1 unspecified atom stereocenters. The van der Waals surface area contributed by atoms with E-state index >= 15 is 0 Å². The molecule has 1 fully saturated rings. The Hall–Kier alpha value is -3.00. The van der Waals surface area contributed by atoms with Crippen LogP contribution >= 0.6 is 0 Å². The summed E-state index contributed by atoms with van der Waals surface area (Å²) >= 11 is 0. The number of aliphatic hydroxyl groups is 1. The monoisotopic (exact) mass is 422 g/mol. The number of para-hydroxylation sites is 2. The first kappa shape index (κ1) is 21.2. The van der Waals surface area contributed by atoms with Gasteiger partial charge >= 0.3 is 0 Å². The van der Waals surface area contributed by atoms with E-state index in [0.717, 1.165) is 48.6 Å². The van der Waals surface area contributed by atoms with Crippen LogP contribution in [0, 0.1) is 6.92 Å². The zero-order valence-electron chi connectivity index (χ0n) is 18.2. The van der Waals surface area contributed by atoms with Crippen LogP contribution in [0.4, 0.5) is 5.82 Å². The Labute approximate surface area is 182 Å². The van der Waals surface area contributed by atoms with Crippen LogP contribution in [0.2, 0.25) is 0 Å². The molecule has 31 heavy (non-hydrogen) atoms. The van der Waals surface area contributed by atoms with Gasteiger partial charge in [-0.2, -0.15) is 0 Å². The van der Waals surface area contributed by atoms with Crippen molar-refractivity contribution in [3.8, 4) is 0 Å².